The van der Waals surface area contributed by atoms with Crippen molar-refractivity contribution in [1.82, 2.24) is 0 Å². The highest BCUT2D eigenvalue weighted by atomic mass is 32.7. The van der Waals surface area contributed by atoms with E-state index in [0.29, 0.717) is 44.8 Å². The van der Waals surface area contributed by atoms with Gasteiger partial charge in [0.2, 0.25) is 5.91 Å². The fourth-order valence-electron chi connectivity index (χ4n) is 4.18. The average Bonchev–Trinajstić information content (AvgIpc) is 3.00. The van der Waals surface area contributed by atoms with Gasteiger partial charge in [0.15, 0.2) is 12.1 Å². The monoisotopic (exact) mass is 583 g/mol. The van der Waals surface area contributed by atoms with E-state index < -0.39 is 17.4 Å². The van der Waals surface area contributed by atoms with E-state index in [2.05, 4.69) is 0 Å². The van der Waals surface area contributed by atoms with E-state index in [4.69, 9.17) is 15.2 Å². The molecule has 3 aromatic carbocycles. The average molecular weight is 584 g/mol. The number of benzene rings is 3. The Morgan fingerprint density at radius 1 is 0.875 bits per heavy atom. The van der Waals surface area contributed by atoms with Crippen molar-refractivity contribution >= 4 is 29.4 Å². The van der Waals surface area contributed by atoms with E-state index in [1.54, 1.807) is 6.66 Å². The largest absolute Gasteiger partial charge is 0.494 e. The Morgan fingerprint density at radius 2 is 1.40 bits per heavy atom. The van der Waals surface area contributed by atoms with Gasteiger partial charge in [0.05, 0.1) is 6.61 Å². The lowest BCUT2D eigenvalue weighted by Crippen LogP contribution is -2.47. The molecular weight excluding hydrogens is 541 g/mol. The van der Waals surface area contributed by atoms with Gasteiger partial charge >= 0.3 is 0 Å². The minimum Gasteiger partial charge on any atom is -0.494 e. The second-order valence-corrected chi connectivity index (χ2v) is 15.0. The number of nitrogens with two attached hydrogens (primary N) is 1. The zero-order valence-corrected chi connectivity index (χ0v) is 25.5. The molecule has 4 rings (SSSR count). The Balaban J connectivity index is 0.000000609. The van der Waals surface area contributed by atoms with E-state index in [1.165, 1.54) is 11.4 Å². The summed E-state index contributed by atoms with van der Waals surface area (Å²) in [6.45, 7) is 6.95. The number of hydrogen-bond acceptors (Lipinski definition) is 6. The first kappa shape index (κ1) is 33.3. The second-order valence-electron chi connectivity index (χ2n) is 9.17. The van der Waals surface area contributed by atoms with Gasteiger partial charge in [0, 0.05) is 30.1 Å². The molecule has 40 heavy (non-hydrogen) atoms. The Hall–Kier alpha value is -2.86. The van der Waals surface area contributed by atoms with Crippen molar-refractivity contribution in [3.8, 4) is 5.75 Å². The van der Waals surface area contributed by atoms with Crippen LogP contribution in [0.15, 0.2) is 95.9 Å². The molecule has 0 saturated carbocycles. The van der Waals surface area contributed by atoms with Gasteiger partial charge < -0.3 is 19.8 Å². The van der Waals surface area contributed by atoms with Gasteiger partial charge in [0.25, 0.3) is 0 Å². The van der Waals surface area contributed by atoms with Crippen molar-refractivity contribution in [2.45, 2.75) is 56.0 Å². The molecule has 1 heterocycles. The van der Waals surface area contributed by atoms with E-state index in [1.807, 2.05) is 105 Å². The van der Waals surface area contributed by atoms with Crippen LogP contribution in [0.1, 0.15) is 56.3 Å². The van der Waals surface area contributed by atoms with Crippen LogP contribution >= 0.6 is 17.7 Å². The summed E-state index contributed by atoms with van der Waals surface area (Å²) in [5, 5.41) is -1.03. The molecule has 6 nitrogen and oxygen atoms in total. The summed E-state index contributed by atoms with van der Waals surface area (Å²) in [6.07, 6.45) is -0.151. The highest BCUT2D eigenvalue weighted by Crippen LogP contribution is 2.70. The first-order valence-electron chi connectivity index (χ1n) is 13.8. The molecule has 8 heteroatoms. The van der Waals surface area contributed by atoms with Crippen LogP contribution in [0.2, 0.25) is 0 Å². The van der Waals surface area contributed by atoms with Gasteiger partial charge in [-0.1, -0.05) is 92.0 Å². The van der Waals surface area contributed by atoms with E-state index in [0.717, 1.165) is 23.3 Å². The number of amides is 1. The number of hydrogen-bond donors (Lipinski definition) is 1. The van der Waals surface area contributed by atoms with Crippen LogP contribution in [-0.4, -0.2) is 43.3 Å². The normalized spacial score (nSPS) is 15.2. The number of carbonyl (C=O) groups is 2. The molecule has 1 unspecified atom stereocenters. The molecule has 2 N–H and O–H groups in total. The Kier molecular flexibility index (Phi) is 14.8. The van der Waals surface area contributed by atoms with Gasteiger partial charge in [-0.15, -0.1) is 0 Å². The fraction of sp³-hybridized carbons (Fsp3) is 0.375. The van der Waals surface area contributed by atoms with Crippen LogP contribution in [0, 0.1) is 0 Å². The Labute approximate surface area is 243 Å². The van der Waals surface area contributed by atoms with Gasteiger partial charge in [0.1, 0.15) is 10.9 Å². The topological polar surface area (TPSA) is 95.7 Å². The fourth-order valence-corrected chi connectivity index (χ4v) is 9.32. The maximum Gasteiger partial charge on any atom is 0.232 e. The summed E-state index contributed by atoms with van der Waals surface area (Å²) in [7, 11) is 0. The summed E-state index contributed by atoms with van der Waals surface area (Å²) in [4.78, 5) is 25.1. The lowest BCUT2D eigenvalue weighted by atomic mass is 9.98. The van der Waals surface area contributed by atoms with Crippen molar-refractivity contribution in [2.75, 3.05) is 26.5 Å². The molecule has 1 fully saturated rings. The molecule has 1 amide bonds. The van der Waals surface area contributed by atoms with Crippen molar-refractivity contribution in [3.05, 3.63) is 96.6 Å². The third-order valence-electron chi connectivity index (χ3n) is 6.49. The van der Waals surface area contributed by atoms with Crippen LogP contribution in [0.3, 0.4) is 0 Å². The number of Topliss-reactive ketones (excluding diaryl/α,β-unsaturated/α-hetero) is 1. The third kappa shape index (κ3) is 10.3. The molecular formula is C32H42NO5PS. The first-order chi connectivity index (χ1) is 19.3. The molecule has 0 spiro atoms. The molecule has 1 atom stereocenters. The molecule has 216 valence electrons. The SMILES string of the molecule is CC.CP(=O)(Sc1ccc(OCCCCC(=O)c2ccccc2)cc1)C1(C(N)=O)CCOCC1.c1ccccc1. The second kappa shape index (κ2) is 17.8. The maximum atomic E-state index is 13.5. The van der Waals surface area contributed by atoms with Crippen LogP contribution < -0.4 is 10.5 Å². The predicted octanol–water partition coefficient (Wildman–Crippen LogP) is 7.87. The van der Waals surface area contributed by atoms with Gasteiger partial charge in [-0.3, -0.25) is 9.59 Å². The van der Waals surface area contributed by atoms with Gasteiger partial charge in [-0.05, 0) is 56.6 Å². The molecule has 0 bridgehead atoms. The zero-order valence-electron chi connectivity index (χ0n) is 23.8. The van der Waals surface area contributed by atoms with E-state index in [9.17, 15) is 14.2 Å². The summed E-state index contributed by atoms with van der Waals surface area (Å²) < 4.78 is 24.7. The molecule has 0 aliphatic carbocycles. The van der Waals surface area contributed by atoms with Gasteiger partial charge in [-0.2, -0.15) is 0 Å². The summed E-state index contributed by atoms with van der Waals surface area (Å²) in [5.41, 5.74) is 6.42. The molecule has 3 aromatic rings. The van der Waals surface area contributed by atoms with E-state index in [-0.39, 0.29) is 5.78 Å². The quantitative estimate of drug-likeness (QED) is 0.140. The minimum atomic E-state index is -2.97. The molecule has 1 aliphatic rings. The number of ether oxygens (including phenoxy) is 2. The van der Waals surface area contributed by atoms with E-state index >= 15 is 0 Å². The van der Waals surface area contributed by atoms with Crippen molar-refractivity contribution in [3.63, 3.8) is 0 Å². The lowest BCUT2D eigenvalue weighted by molar-refractivity contribution is -0.122. The zero-order chi connectivity index (χ0) is 29.3. The predicted molar refractivity (Wildman–Crippen MR) is 166 cm³/mol. The Morgan fingerprint density at radius 3 is 1.93 bits per heavy atom. The summed E-state index contributed by atoms with van der Waals surface area (Å²) >= 11 is 1.23. The lowest BCUT2D eigenvalue weighted by Gasteiger charge is -2.38. The number of carbonyl (C=O) groups excluding carboxylic acids is 2. The first-order valence-corrected chi connectivity index (χ1v) is 17.4. The molecule has 0 radical (unpaired) electrons. The number of unbranched alkanes of at least 4 members (excludes halogenated alkanes) is 1. The van der Waals surface area contributed by atoms with Crippen molar-refractivity contribution < 1.29 is 23.6 Å². The standard InChI is InChI=1S/C24H30NO5PS.C6H6.C2H6/c1-31(28,24(23(25)27)14-17-29-18-15-24)32-21-12-10-20(11-13-21)30-16-6-5-9-22(26)19-7-3-2-4-8-19;1-2-4-6-5-3-1;1-2/h2-4,7-8,10-13H,5-6,9,14-18H2,1H3,(H2,25,27);1-6H;1-2H3. The minimum absolute atomic E-state index is 0.147. The number of ketones is 1. The highest BCUT2D eigenvalue weighted by Gasteiger charge is 2.51. The summed E-state index contributed by atoms with van der Waals surface area (Å²) in [6, 6.07) is 28.7. The van der Waals surface area contributed by atoms with Crippen LogP contribution in [0.25, 0.3) is 0 Å². The Bertz CT molecular complexity index is 1160. The summed E-state index contributed by atoms with van der Waals surface area (Å²) in [5.74, 6) is 0.351. The third-order valence-corrected chi connectivity index (χ3v) is 12.3. The van der Waals surface area contributed by atoms with Crippen LogP contribution in [0.4, 0.5) is 0 Å². The molecule has 0 aromatic heterocycles. The van der Waals surface area contributed by atoms with Crippen LogP contribution in [0.5, 0.6) is 5.75 Å². The molecule has 1 aliphatic heterocycles. The van der Waals surface area contributed by atoms with Crippen molar-refractivity contribution in [1.29, 1.82) is 0 Å². The highest BCUT2D eigenvalue weighted by molar-refractivity contribution is 8.58. The van der Waals surface area contributed by atoms with Gasteiger partial charge in [-0.25, -0.2) is 0 Å². The molecule has 1 saturated heterocycles. The van der Waals surface area contributed by atoms with Crippen LogP contribution in [-0.2, 0) is 14.1 Å². The smallest absolute Gasteiger partial charge is 0.232 e. The van der Waals surface area contributed by atoms with Crippen molar-refractivity contribution in [2.24, 2.45) is 5.73 Å². The maximum absolute atomic E-state index is 13.5. The number of primary amides is 1. The number of rotatable bonds is 11.